The van der Waals surface area contributed by atoms with E-state index in [1.54, 1.807) is 4.90 Å². The third-order valence-electron chi connectivity index (χ3n) is 3.81. The van der Waals surface area contributed by atoms with Crippen molar-refractivity contribution in [2.75, 3.05) is 39.0 Å². The zero-order valence-electron chi connectivity index (χ0n) is 12.3. The Morgan fingerprint density at radius 1 is 1.45 bits per heavy atom. The molecule has 5 nitrogen and oxygen atoms in total. The molecule has 1 atom stereocenters. The average Bonchev–Trinajstić information content (AvgIpc) is 2.85. The molecule has 0 aliphatic carbocycles. The lowest BCUT2D eigenvalue weighted by molar-refractivity contribution is 0.214. The van der Waals surface area contributed by atoms with Gasteiger partial charge in [0.2, 0.25) is 0 Å². The summed E-state index contributed by atoms with van der Waals surface area (Å²) in [5.74, 6) is 0.579. The monoisotopic (exact) mass is 276 g/mol. The van der Waals surface area contributed by atoms with Gasteiger partial charge in [0.05, 0.1) is 0 Å². The predicted octanol–water partition coefficient (Wildman–Crippen LogP) is 1.56. The third-order valence-corrected chi connectivity index (χ3v) is 3.81. The number of nitrogens with two attached hydrogens (primary N) is 1. The maximum atomic E-state index is 12.1. The van der Waals surface area contributed by atoms with Crippen LogP contribution in [-0.2, 0) is 6.54 Å². The van der Waals surface area contributed by atoms with Crippen molar-refractivity contribution in [1.29, 1.82) is 0 Å². The van der Waals surface area contributed by atoms with Crippen LogP contribution in [0.4, 0.5) is 10.5 Å². The van der Waals surface area contributed by atoms with Crippen LogP contribution in [0.1, 0.15) is 12.0 Å². The Labute approximate surface area is 120 Å². The molecule has 3 N–H and O–H groups in total. The first-order chi connectivity index (χ1) is 9.58. The molecule has 5 heteroatoms. The Hall–Kier alpha value is -1.59. The number of hydrogen-bond donors (Lipinski definition) is 2. The first-order valence-corrected chi connectivity index (χ1v) is 7.08. The van der Waals surface area contributed by atoms with Crippen molar-refractivity contribution in [2.24, 2.45) is 11.7 Å². The van der Waals surface area contributed by atoms with E-state index in [1.807, 2.05) is 31.3 Å². The van der Waals surface area contributed by atoms with Crippen LogP contribution in [0.3, 0.4) is 0 Å². The van der Waals surface area contributed by atoms with Crippen LogP contribution in [0.2, 0.25) is 0 Å². The summed E-state index contributed by atoms with van der Waals surface area (Å²) in [5, 5.41) is 2.91. The molecular weight excluding hydrogens is 252 g/mol. The molecule has 1 fully saturated rings. The summed E-state index contributed by atoms with van der Waals surface area (Å²) < 4.78 is 0. The number of urea groups is 1. The normalized spacial score (nSPS) is 19.1. The van der Waals surface area contributed by atoms with Gasteiger partial charge >= 0.3 is 6.03 Å². The molecule has 2 amide bonds. The number of likely N-dealkylation sites (tertiary alicyclic amines) is 1. The maximum absolute atomic E-state index is 12.1. The van der Waals surface area contributed by atoms with E-state index in [1.165, 1.54) is 6.42 Å². The fourth-order valence-corrected chi connectivity index (χ4v) is 2.59. The minimum absolute atomic E-state index is 0.0555. The molecule has 1 aliphatic heterocycles. The van der Waals surface area contributed by atoms with Gasteiger partial charge < -0.3 is 20.9 Å². The number of nitrogens with one attached hydrogen (secondary N) is 1. The van der Waals surface area contributed by atoms with Gasteiger partial charge in [0.15, 0.2) is 0 Å². The standard InChI is InChI=1S/C15H24N4O/c1-18-8-7-13(10-18)11-19(2)15(20)17-14-5-3-12(9-16)4-6-14/h3-6,13H,7-11,16H2,1-2H3,(H,17,20). The Morgan fingerprint density at radius 2 is 2.15 bits per heavy atom. The average molecular weight is 276 g/mol. The molecule has 20 heavy (non-hydrogen) atoms. The van der Waals surface area contributed by atoms with E-state index in [9.17, 15) is 4.79 Å². The van der Waals surface area contributed by atoms with Gasteiger partial charge in [0, 0.05) is 32.4 Å². The Bertz CT molecular complexity index is 446. The van der Waals surface area contributed by atoms with Crippen molar-refractivity contribution in [3.8, 4) is 0 Å². The van der Waals surface area contributed by atoms with Gasteiger partial charge in [-0.25, -0.2) is 4.79 Å². The lowest BCUT2D eigenvalue weighted by Gasteiger charge is -2.21. The van der Waals surface area contributed by atoms with Gasteiger partial charge in [0.1, 0.15) is 0 Å². The van der Waals surface area contributed by atoms with E-state index >= 15 is 0 Å². The number of nitrogens with zero attached hydrogens (tertiary/aromatic N) is 2. The van der Waals surface area contributed by atoms with Crippen molar-refractivity contribution in [3.05, 3.63) is 29.8 Å². The molecule has 110 valence electrons. The zero-order valence-corrected chi connectivity index (χ0v) is 12.3. The predicted molar refractivity (Wildman–Crippen MR) is 81.6 cm³/mol. The highest BCUT2D eigenvalue weighted by Crippen LogP contribution is 2.16. The van der Waals surface area contributed by atoms with Crippen LogP contribution >= 0.6 is 0 Å². The lowest BCUT2D eigenvalue weighted by Crippen LogP contribution is -2.35. The molecule has 1 aromatic carbocycles. The first-order valence-electron chi connectivity index (χ1n) is 7.08. The van der Waals surface area contributed by atoms with E-state index < -0.39 is 0 Å². The van der Waals surface area contributed by atoms with E-state index in [2.05, 4.69) is 17.3 Å². The summed E-state index contributed by atoms with van der Waals surface area (Å²) in [6, 6.07) is 7.58. The number of carbonyl (C=O) groups is 1. The SMILES string of the molecule is CN1CCC(CN(C)C(=O)Nc2ccc(CN)cc2)C1. The highest BCUT2D eigenvalue weighted by Gasteiger charge is 2.22. The van der Waals surface area contributed by atoms with E-state index in [0.29, 0.717) is 12.5 Å². The first kappa shape index (κ1) is 14.8. The molecule has 1 saturated heterocycles. The van der Waals surface area contributed by atoms with Crippen molar-refractivity contribution in [2.45, 2.75) is 13.0 Å². The molecule has 0 saturated carbocycles. The van der Waals surface area contributed by atoms with Gasteiger partial charge in [-0.1, -0.05) is 12.1 Å². The van der Waals surface area contributed by atoms with Gasteiger partial charge in [-0.05, 0) is 43.6 Å². The summed E-state index contributed by atoms with van der Waals surface area (Å²) in [6.45, 7) is 3.52. The number of carbonyl (C=O) groups excluding carboxylic acids is 1. The van der Waals surface area contributed by atoms with Crippen LogP contribution in [0.15, 0.2) is 24.3 Å². The molecule has 0 spiro atoms. The second-order valence-electron chi connectivity index (χ2n) is 5.63. The summed E-state index contributed by atoms with van der Waals surface area (Å²) in [5.41, 5.74) is 7.42. The Morgan fingerprint density at radius 3 is 2.70 bits per heavy atom. The second kappa shape index (κ2) is 6.72. The van der Waals surface area contributed by atoms with Crippen molar-refractivity contribution in [1.82, 2.24) is 9.80 Å². The van der Waals surface area contributed by atoms with E-state index in [0.717, 1.165) is 30.9 Å². The minimum atomic E-state index is -0.0555. The quantitative estimate of drug-likeness (QED) is 0.877. The topological polar surface area (TPSA) is 61.6 Å². The summed E-state index contributed by atoms with van der Waals surface area (Å²) in [4.78, 5) is 16.2. The molecule has 0 aromatic heterocycles. The highest BCUT2D eigenvalue weighted by atomic mass is 16.2. The van der Waals surface area contributed by atoms with Gasteiger partial charge in [-0.2, -0.15) is 0 Å². The maximum Gasteiger partial charge on any atom is 0.321 e. The van der Waals surface area contributed by atoms with Crippen LogP contribution in [0.5, 0.6) is 0 Å². The molecular formula is C15H24N4O. The lowest BCUT2D eigenvalue weighted by atomic mass is 10.1. The summed E-state index contributed by atoms with van der Waals surface area (Å²) in [7, 11) is 3.97. The van der Waals surface area contributed by atoms with E-state index in [4.69, 9.17) is 5.73 Å². The van der Waals surface area contributed by atoms with Crippen LogP contribution in [-0.4, -0.2) is 49.6 Å². The van der Waals surface area contributed by atoms with Crippen molar-refractivity contribution < 1.29 is 4.79 Å². The number of amides is 2. The van der Waals surface area contributed by atoms with Crippen molar-refractivity contribution in [3.63, 3.8) is 0 Å². The zero-order chi connectivity index (χ0) is 14.5. The molecule has 2 rings (SSSR count). The molecule has 1 unspecified atom stereocenters. The van der Waals surface area contributed by atoms with Gasteiger partial charge in [0.25, 0.3) is 0 Å². The number of rotatable bonds is 4. The van der Waals surface area contributed by atoms with Crippen molar-refractivity contribution >= 4 is 11.7 Å². The fraction of sp³-hybridized carbons (Fsp3) is 0.533. The number of anilines is 1. The Balaban J connectivity index is 1.83. The molecule has 1 aliphatic rings. The second-order valence-corrected chi connectivity index (χ2v) is 5.63. The highest BCUT2D eigenvalue weighted by molar-refractivity contribution is 5.89. The fourth-order valence-electron chi connectivity index (χ4n) is 2.59. The summed E-state index contributed by atoms with van der Waals surface area (Å²) in [6.07, 6.45) is 1.17. The van der Waals surface area contributed by atoms with Crippen LogP contribution in [0, 0.1) is 5.92 Å². The van der Waals surface area contributed by atoms with Gasteiger partial charge in [-0.3, -0.25) is 0 Å². The molecule has 1 heterocycles. The van der Waals surface area contributed by atoms with Gasteiger partial charge in [-0.15, -0.1) is 0 Å². The summed E-state index contributed by atoms with van der Waals surface area (Å²) >= 11 is 0. The molecule has 0 radical (unpaired) electrons. The smallest absolute Gasteiger partial charge is 0.321 e. The van der Waals surface area contributed by atoms with Crippen LogP contribution in [0.25, 0.3) is 0 Å². The minimum Gasteiger partial charge on any atom is -0.327 e. The third kappa shape index (κ3) is 3.95. The number of hydrogen-bond acceptors (Lipinski definition) is 3. The largest absolute Gasteiger partial charge is 0.327 e. The van der Waals surface area contributed by atoms with Crippen LogP contribution < -0.4 is 11.1 Å². The molecule has 0 bridgehead atoms. The number of benzene rings is 1. The van der Waals surface area contributed by atoms with E-state index in [-0.39, 0.29) is 6.03 Å². The Kier molecular flexibility index (Phi) is 4.98. The molecule has 1 aromatic rings.